The number of rotatable bonds is 4. The Kier molecular flexibility index (Phi) is 4.51. The molecule has 18 heavy (non-hydrogen) atoms. The Bertz CT molecular complexity index is 511. The predicted octanol–water partition coefficient (Wildman–Crippen LogP) is 5.07. The molecule has 2 aromatic carbocycles. The van der Waals surface area contributed by atoms with E-state index in [2.05, 4.69) is 0 Å². The summed E-state index contributed by atoms with van der Waals surface area (Å²) in [6.07, 6.45) is 0. The van der Waals surface area contributed by atoms with Gasteiger partial charge in [0.25, 0.3) is 0 Å². The van der Waals surface area contributed by atoms with E-state index in [9.17, 15) is 0 Å². The molecule has 0 N–H and O–H groups in total. The molecule has 2 rings (SSSR count). The summed E-state index contributed by atoms with van der Waals surface area (Å²) >= 11 is 12.5. The maximum Gasteiger partial charge on any atom is 0.125 e. The van der Waals surface area contributed by atoms with Crippen LogP contribution >= 0.6 is 23.2 Å². The summed E-state index contributed by atoms with van der Waals surface area (Å²) in [7, 11) is 0. The number of alkyl halides is 1. The third-order valence-electron chi connectivity index (χ3n) is 2.64. The van der Waals surface area contributed by atoms with Gasteiger partial charge in [0, 0.05) is 10.6 Å². The molecule has 0 fully saturated rings. The Morgan fingerprint density at radius 3 is 2.50 bits per heavy atom. The van der Waals surface area contributed by atoms with Crippen LogP contribution in [0.25, 0.3) is 0 Å². The third kappa shape index (κ3) is 2.98. The summed E-state index contributed by atoms with van der Waals surface area (Å²) in [6.45, 7) is 2.53. The van der Waals surface area contributed by atoms with E-state index >= 15 is 0 Å². The Balaban J connectivity index is 2.38. The van der Waals surface area contributed by atoms with Crippen molar-refractivity contribution in [2.45, 2.75) is 12.3 Å². The summed E-state index contributed by atoms with van der Waals surface area (Å²) in [5.41, 5.74) is 1.98. The average Bonchev–Trinajstić information content (AvgIpc) is 2.40. The quantitative estimate of drug-likeness (QED) is 0.711. The largest absolute Gasteiger partial charge is 0.493 e. The second-order valence-corrected chi connectivity index (χ2v) is 4.76. The molecule has 1 unspecified atom stereocenters. The number of ether oxygens (including phenoxy) is 1. The molecule has 0 radical (unpaired) electrons. The minimum atomic E-state index is -0.231. The predicted molar refractivity (Wildman–Crippen MR) is 76.8 cm³/mol. The SMILES string of the molecule is CCOc1cc(Cl)ccc1C(Cl)c1ccccc1. The van der Waals surface area contributed by atoms with Crippen molar-refractivity contribution in [2.24, 2.45) is 0 Å². The number of hydrogen-bond acceptors (Lipinski definition) is 1. The van der Waals surface area contributed by atoms with Gasteiger partial charge in [0.1, 0.15) is 5.75 Å². The molecule has 0 aliphatic rings. The van der Waals surface area contributed by atoms with Gasteiger partial charge in [0.05, 0.1) is 12.0 Å². The van der Waals surface area contributed by atoms with Crippen molar-refractivity contribution in [1.82, 2.24) is 0 Å². The minimum Gasteiger partial charge on any atom is -0.493 e. The van der Waals surface area contributed by atoms with Gasteiger partial charge in [0.2, 0.25) is 0 Å². The van der Waals surface area contributed by atoms with Crippen LogP contribution in [0.1, 0.15) is 23.4 Å². The van der Waals surface area contributed by atoms with E-state index in [0.29, 0.717) is 11.6 Å². The lowest BCUT2D eigenvalue weighted by atomic mass is 10.0. The minimum absolute atomic E-state index is 0.231. The van der Waals surface area contributed by atoms with Crippen LogP contribution in [0.2, 0.25) is 5.02 Å². The molecule has 0 aromatic heterocycles. The van der Waals surface area contributed by atoms with Crippen molar-refractivity contribution in [3.8, 4) is 5.75 Å². The van der Waals surface area contributed by atoms with Crippen molar-refractivity contribution in [3.63, 3.8) is 0 Å². The van der Waals surface area contributed by atoms with Crippen LogP contribution in [0.3, 0.4) is 0 Å². The number of halogens is 2. The smallest absolute Gasteiger partial charge is 0.125 e. The third-order valence-corrected chi connectivity index (χ3v) is 3.36. The van der Waals surface area contributed by atoms with Crippen LogP contribution < -0.4 is 4.74 Å². The van der Waals surface area contributed by atoms with Gasteiger partial charge < -0.3 is 4.74 Å². The summed E-state index contributed by atoms with van der Waals surface area (Å²) < 4.78 is 5.59. The zero-order chi connectivity index (χ0) is 13.0. The van der Waals surface area contributed by atoms with E-state index in [0.717, 1.165) is 16.9 Å². The van der Waals surface area contributed by atoms with Gasteiger partial charge in [-0.15, -0.1) is 11.6 Å². The molecule has 1 atom stereocenters. The molecular weight excluding hydrogens is 267 g/mol. The molecule has 3 heteroatoms. The van der Waals surface area contributed by atoms with Crippen LogP contribution in [-0.4, -0.2) is 6.61 Å². The fourth-order valence-electron chi connectivity index (χ4n) is 1.80. The van der Waals surface area contributed by atoms with E-state index in [-0.39, 0.29) is 5.38 Å². The lowest BCUT2D eigenvalue weighted by Crippen LogP contribution is -2.00. The van der Waals surface area contributed by atoms with Gasteiger partial charge in [-0.2, -0.15) is 0 Å². The highest BCUT2D eigenvalue weighted by atomic mass is 35.5. The van der Waals surface area contributed by atoms with Crippen molar-refractivity contribution in [2.75, 3.05) is 6.61 Å². The van der Waals surface area contributed by atoms with Gasteiger partial charge in [-0.1, -0.05) is 48.0 Å². The monoisotopic (exact) mass is 280 g/mol. The summed E-state index contributed by atoms with van der Waals surface area (Å²) in [6, 6.07) is 15.5. The maximum absolute atomic E-state index is 6.50. The van der Waals surface area contributed by atoms with Crippen LogP contribution in [0, 0.1) is 0 Å². The van der Waals surface area contributed by atoms with E-state index in [1.807, 2.05) is 49.4 Å². The van der Waals surface area contributed by atoms with Crippen LogP contribution in [0.15, 0.2) is 48.5 Å². The normalized spacial score (nSPS) is 12.2. The van der Waals surface area contributed by atoms with E-state index in [1.165, 1.54) is 0 Å². The Morgan fingerprint density at radius 2 is 1.83 bits per heavy atom. The maximum atomic E-state index is 6.50. The highest BCUT2D eigenvalue weighted by Crippen LogP contribution is 2.36. The first kappa shape index (κ1) is 13.3. The van der Waals surface area contributed by atoms with E-state index in [1.54, 1.807) is 6.07 Å². The lowest BCUT2D eigenvalue weighted by molar-refractivity contribution is 0.337. The molecule has 0 saturated heterocycles. The summed E-state index contributed by atoms with van der Waals surface area (Å²) in [5, 5.41) is 0.421. The Morgan fingerprint density at radius 1 is 1.11 bits per heavy atom. The molecule has 0 saturated carbocycles. The topological polar surface area (TPSA) is 9.23 Å². The molecule has 0 aliphatic carbocycles. The van der Waals surface area contributed by atoms with Gasteiger partial charge in [-0.05, 0) is 24.6 Å². The zero-order valence-electron chi connectivity index (χ0n) is 10.1. The average molecular weight is 281 g/mol. The fourth-order valence-corrected chi connectivity index (χ4v) is 2.29. The first-order valence-electron chi connectivity index (χ1n) is 5.83. The fraction of sp³-hybridized carbons (Fsp3) is 0.200. The van der Waals surface area contributed by atoms with Gasteiger partial charge in [-0.3, -0.25) is 0 Å². The van der Waals surface area contributed by atoms with Gasteiger partial charge in [-0.25, -0.2) is 0 Å². The Hall–Kier alpha value is -1.18. The molecule has 0 spiro atoms. The van der Waals surface area contributed by atoms with Gasteiger partial charge in [0.15, 0.2) is 0 Å². The van der Waals surface area contributed by atoms with Crippen LogP contribution in [-0.2, 0) is 0 Å². The summed E-state index contributed by atoms with van der Waals surface area (Å²) in [5.74, 6) is 0.744. The van der Waals surface area contributed by atoms with E-state index in [4.69, 9.17) is 27.9 Å². The van der Waals surface area contributed by atoms with Crippen molar-refractivity contribution >= 4 is 23.2 Å². The second-order valence-electron chi connectivity index (χ2n) is 3.89. The molecule has 0 heterocycles. The molecule has 94 valence electrons. The first-order chi connectivity index (χ1) is 8.72. The molecule has 1 nitrogen and oxygen atoms in total. The number of benzene rings is 2. The highest BCUT2D eigenvalue weighted by molar-refractivity contribution is 6.30. The van der Waals surface area contributed by atoms with E-state index < -0.39 is 0 Å². The molecule has 0 bridgehead atoms. The Labute approximate surface area is 117 Å². The summed E-state index contributed by atoms with van der Waals surface area (Å²) in [4.78, 5) is 0. The number of hydrogen-bond donors (Lipinski definition) is 0. The van der Waals surface area contributed by atoms with Crippen LogP contribution in [0.4, 0.5) is 0 Å². The molecule has 0 aliphatic heterocycles. The molecule has 2 aromatic rings. The second kappa shape index (κ2) is 6.12. The zero-order valence-corrected chi connectivity index (χ0v) is 11.6. The highest BCUT2D eigenvalue weighted by Gasteiger charge is 2.15. The van der Waals surface area contributed by atoms with Crippen LogP contribution in [0.5, 0.6) is 5.75 Å². The first-order valence-corrected chi connectivity index (χ1v) is 6.65. The van der Waals surface area contributed by atoms with Crippen molar-refractivity contribution in [1.29, 1.82) is 0 Å². The van der Waals surface area contributed by atoms with Crippen molar-refractivity contribution in [3.05, 3.63) is 64.7 Å². The van der Waals surface area contributed by atoms with Gasteiger partial charge >= 0.3 is 0 Å². The van der Waals surface area contributed by atoms with Crippen molar-refractivity contribution < 1.29 is 4.74 Å². The standard InChI is InChI=1S/C15H14Cl2O/c1-2-18-14-10-12(16)8-9-13(14)15(17)11-6-4-3-5-7-11/h3-10,15H,2H2,1H3. The molecule has 0 amide bonds. The lowest BCUT2D eigenvalue weighted by Gasteiger charge is -2.15. The molecular formula is C15H14Cl2O.